The lowest BCUT2D eigenvalue weighted by atomic mass is 9.84. The molecule has 0 aliphatic carbocycles. The van der Waals surface area contributed by atoms with E-state index < -0.39 is 34.9 Å². The van der Waals surface area contributed by atoms with Crippen molar-refractivity contribution < 1.29 is 24.2 Å². The SMILES string of the molecule is CC(C)(C)OC(=O)NC(CC(=O)C(=O)O)C(C)(C)C. The number of amides is 1. The quantitative estimate of drug-likeness (QED) is 0.764. The molecule has 1 amide bonds. The van der Waals surface area contributed by atoms with Crippen molar-refractivity contribution in [2.45, 2.75) is 59.6 Å². The zero-order valence-corrected chi connectivity index (χ0v) is 12.4. The molecule has 0 aliphatic rings. The summed E-state index contributed by atoms with van der Waals surface area (Å²) in [5.74, 6) is -2.43. The highest BCUT2D eigenvalue weighted by molar-refractivity contribution is 6.32. The van der Waals surface area contributed by atoms with Gasteiger partial charge in [-0.25, -0.2) is 9.59 Å². The highest BCUT2D eigenvalue weighted by Gasteiger charge is 2.31. The molecule has 0 radical (unpaired) electrons. The number of aliphatic carboxylic acids is 1. The van der Waals surface area contributed by atoms with Crippen molar-refractivity contribution in [1.29, 1.82) is 0 Å². The van der Waals surface area contributed by atoms with E-state index in [4.69, 9.17) is 9.84 Å². The molecule has 6 nitrogen and oxygen atoms in total. The summed E-state index contributed by atoms with van der Waals surface area (Å²) in [6.45, 7) is 10.6. The molecule has 19 heavy (non-hydrogen) atoms. The van der Waals surface area contributed by atoms with E-state index in [1.54, 1.807) is 20.8 Å². The predicted octanol–water partition coefficient (Wildman–Crippen LogP) is 1.97. The van der Waals surface area contributed by atoms with E-state index in [9.17, 15) is 14.4 Å². The standard InChI is InChI=1S/C13H23NO5/c1-12(2,3)9(7-8(15)10(16)17)14-11(18)19-13(4,5)6/h9H,7H2,1-6H3,(H,14,18)(H,16,17). The summed E-state index contributed by atoms with van der Waals surface area (Å²) in [6.07, 6.45) is -0.927. The summed E-state index contributed by atoms with van der Waals surface area (Å²) in [6, 6.07) is -0.606. The Hall–Kier alpha value is -1.59. The van der Waals surface area contributed by atoms with Gasteiger partial charge in [-0.3, -0.25) is 4.79 Å². The molecular formula is C13H23NO5. The number of hydrogen-bond donors (Lipinski definition) is 2. The van der Waals surface area contributed by atoms with Crippen LogP contribution in [0.2, 0.25) is 0 Å². The van der Waals surface area contributed by atoms with E-state index in [1.165, 1.54) is 0 Å². The summed E-state index contributed by atoms with van der Waals surface area (Å²) in [7, 11) is 0. The molecule has 1 unspecified atom stereocenters. The molecule has 0 saturated heterocycles. The maximum atomic E-state index is 11.7. The monoisotopic (exact) mass is 273 g/mol. The third-order valence-electron chi connectivity index (χ3n) is 2.36. The summed E-state index contributed by atoms with van der Waals surface area (Å²) < 4.78 is 5.10. The zero-order valence-electron chi connectivity index (χ0n) is 12.4. The third kappa shape index (κ3) is 7.43. The number of carbonyl (C=O) groups excluding carboxylic acids is 2. The number of ketones is 1. The molecule has 1 atom stereocenters. The Bertz CT molecular complexity index is 362. The van der Waals surface area contributed by atoms with Gasteiger partial charge in [-0.05, 0) is 26.2 Å². The van der Waals surface area contributed by atoms with Crippen LogP contribution < -0.4 is 5.32 Å². The summed E-state index contributed by atoms with van der Waals surface area (Å²) in [5.41, 5.74) is -1.11. The predicted molar refractivity (Wildman–Crippen MR) is 69.9 cm³/mol. The molecule has 0 spiro atoms. The van der Waals surface area contributed by atoms with Gasteiger partial charge in [-0.1, -0.05) is 20.8 Å². The van der Waals surface area contributed by atoms with Crippen LogP contribution in [-0.4, -0.2) is 34.6 Å². The van der Waals surface area contributed by atoms with Gasteiger partial charge in [0.15, 0.2) is 0 Å². The minimum absolute atomic E-state index is 0.266. The number of carboxylic acid groups (broad SMARTS) is 1. The summed E-state index contributed by atoms with van der Waals surface area (Å²) in [4.78, 5) is 33.5. The molecule has 0 aliphatic heterocycles. The molecule has 6 heteroatoms. The summed E-state index contributed by atoms with van der Waals surface area (Å²) >= 11 is 0. The minimum Gasteiger partial charge on any atom is -0.476 e. The number of alkyl carbamates (subject to hydrolysis) is 1. The van der Waals surface area contributed by atoms with Crippen molar-refractivity contribution in [2.24, 2.45) is 5.41 Å². The van der Waals surface area contributed by atoms with Crippen molar-refractivity contribution in [2.75, 3.05) is 0 Å². The van der Waals surface area contributed by atoms with E-state index in [0.29, 0.717) is 0 Å². The van der Waals surface area contributed by atoms with Crippen LogP contribution in [0.3, 0.4) is 0 Å². The Morgan fingerprint density at radius 2 is 1.58 bits per heavy atom. The lowest BCUT2D eigenvalue weighted by Gasteiger charge is -2.31. The molecular weight excluding hydrogens is 250 g/mol. The van der Waals surface area contributed by atoms with Gasteiger partial charge in [0.05, 0.1) is 0 Å². The van der Waals surface area contributed by atoms with Crippen LogP contribution in [0.1, 0.15) is 48.0 Å². The molecule has 110 valence electrons. The van der Waals surface area contributed by atoms with E-state index in [-0.39, 0.29) is 6.42 Å². The topological polar surface area (TPSA) is 92.7 Å². The molecule has 0 saturated carbocycles. The van der Waals surface area contributed by atoms with Gasteiger partial charge in [0.25, 0.3) is 0 Å². The minimum atomic E-state index is -1.50. The smallest absolute Gasteiger partial charge is 0.407 e. The first-order valence-corrected chi connectivity index (χ1v) is 6.08. The Morgan fingerprint density at radius 1 is 1.11 bits per heavy atom. The van der Waals surface area contributed by atoms with Crippen molar-refractivity contribution in [1.82, 2.24) is 5.32 Å². The van der Waals surface area contributed by atoms with E-state index in [1.807, 2.05) is 20.8 Å². The number of carbonyl (C=O) groups is 3. The highest BCUT2D eigenvalue weighted by atomic mass is 16.6. The number of carboxylic acids is 1. The molecule has 0 aromatic rings. The van der Waals surface area contributed by atoms with Crippen LogP contribution in [0.15, 0.2) is 0 Å². The summed E-state index contributed by atoms with van der Waals surface area (Å²) in [5, 5.41) is 11.2. The zero-order chi connectivity index (χ0) is 15.4. The van der Waals surface area contributed by atoms with Gasteiger partial charge < -0.3 is 15.2 Å². The fraction of sp³-hybridized carbons (Fsp3) is 0.769. The molecule has 0 bridgehead atoms. The molecule has 0 fully saturated rings. The van der Waals surface area contributed by atoms with Crippen LogP contribution in [0.4, 0.5) is 4.79 Å². The molecule has 0 rings (SSSR count). The first kappa shape index (κ1) is 17.4. The molecule has 0 aromatic carbocycles. The Morgan fingerprint density at radius 3 is 1.89 bits per heavy atom. The van der Waals surface area contributed by atoms with Crippen LogP contribution in [0, 0.1) is 5.41 Å². The van der Waals surface area contributed by atoms with Gasteiger partial charge in [0.1, 0.15) is 5.60 Å². The van der Waals surface area contributed by atoms with Crippen LogP contribution in [-0.2, 0) is 14.3 Å². The van der Waals surface area contributed by atoms with Crippen LogP contribution in [0.5, 0.6) is 0 Å². The number of ether oxygens (including phenoxy) is 1. The maximum absolute atomic E-state index is 11.7. The number of Topliss-reactive ketones (excluding diaryl/α,β-unsaturated/α-hetero) is 1. The van der Waals surface area contributed by atoms with E-state index >= 15 is 0 Å². The molecule has 0 heterocycles. The average molecular weight is 273 g/mol. The Kier molecular flexibility index (Phi) is 5.53. The molecule has 2 N–H and O–H groups in total. The number of hydrogen-bond acceptors (Lipinski definition) is 4. The second-order valence-electron chi connectivity index (χ2n) is 6.50. The highest BCUT2D eigenvalue weighted by Crippen LogP contribution is 2.22. The van der Waals surface area contributed by atoms with Crippen LogP contribution in [0.25, 0.3) is 0 Å². The third-order valence-corrected chi connectivity index (χ3v) is 2.36. The van der Waals surface area contributed by atoms with Crippen molar-refractivity contribution >= 4 is 17.8 Å². The lowest BCUT2D eigenvalue weighted by molar-refractivity contribution is -0.149. The fourth-order valence-electron chi connectivity index (χ4n) is 1.30. The van der Waals surface area contributed by atoms with Crippen molar-refractivity contribution in [3.63, 3.8) is 0 Å². The van der Waals surface area contributed by atoms with Gasteiger partial charge in [0.2, 0.25) is 5.78 Å². The fourth-order valence-corrected chi connectivity index (χ4v) is 1.30. The average Bonchev–Trinajstić information content (AvgIpc) is 2.11. The normalized spacial score (nSPS) is 13.6. The second kappa shape index (κ2) is 6.04. The second-order valence-corrected chi connectivity index (χ2v) is 6.50. The van der Waals surface area contributed by atoms with Crippen molar-refractivity contribution in [3.05, 3.63) is 0 Å². The maximum Gasteiger partial charge on any atom is 0.407 e. The van der Waals surface area contributed by atoms with Gasteiger partial charge in [0, 0.05) is 12.5 Å². The Balaban J connectivity index is 4.76. The lowest BCUT2D eigenvalue weighted by Crippen LogP contribution is -2.47. The van der Waals surface area contributed by atoms with Crippen molar-refractivity contribution in [3.8, 4) is 0 Å². The first-order valence-electron chi connectivity index (χ1n) is 6.08. The van der Waals surface area contributed by atoms with E-state index in [0.717, 1.165) is 0 Å². The molecule has 0 aromatic heterocycles. The van der Waals surface area contributed by atoms with E-state index in [2.05, 4.69) is 5.32 Å². The number of rotatable bonds is 4. The Labute approximate surface area is 113 Å². The van der Waals surface area contributed by atoms with Gasteiger partial charge in [-0.15, -0.1) is 0 Å². The largest absolute Gasteiger partial charge is 0.476 e. The number of nitrogens with one attached hydrogen (secondary N) is 1. The van der Waals surface area contributed by atoms with Gasteiger partial charge in [-0.2, -0.15) is 0 Å². The van der Waals surface area contributed by atoms with Crippen LogP contribution >= 0.6 is 0 Å². The first-order chi connectivity index (χ1) is 8.33. The van der Waals surface area contributed by atoms with Gasteiger partial charge >= 0.3 is 12.1 Å².